The lowest BCUT2D eigenvalue weighted by atomic mass is 10.1. The van der Waals surface area contributed by atoms with Crippen LogP contribution in [0.2, 0.25) is 0 Å². The van der Waals surface area contributed by atoms with E-state index in [0.29, 0.717) is 12.1 Å². The highest BCUT2D eigenvalue weighted by molar-refractivity contribution is 5.85. The molecule has 6 heteroatoms. The number of rotatable bonds is 3. The van der Waals surface area contributed by atoms with Gasteiger partial charge in [-0.15, -0.1) is 12.4 Å². The lowest BCUT2D eigenvalue weighted by Crippen LogP contribution is -2.53. The molecule has 2 unspecified atom stereocenters. The van der Waals surface area contributed by atoms with Crippen LogP contribution in [0.3, 0.4) is 0 Å². The Labute approximate surface area is 125 Å². The minimum atomic E-state index is -0.303. The van der Waals surface area contributed by atoms with Gasteiger partial charge in [-0.1, -0.05) is 12.1 Å². The molecule has 0 aliphatic carbocycles. The largest absolute Gasteiger partial charge is 0.311 e. The summed E-state index contributed by atoms with van der Waals surface area (Å²) in [6.07, 6.45) is 0. The van der Waals surface area contributed by atoms with Crippen LogP contribution in [-0.4, -0.2) is 35.0 Å². The van der Waals surface area contributed by atoms with Crippen LogP contribution < -0.4 is 5.32 Å². The molecule has 0 aromatic heterocycles. The maximum Gasteiger partial charge on any atom is 0.272 e. The predicted molar refractivity (Wildman–Crippen MR) is 82.4 cm³/mol. The Morgan fingerprint density at radius 3 is 2.80 bits per heavy atom. The zero-order chi connectivity index (χ0) is 14.0. The van der Waals surface area contributed by atoms with E-state index in [1.807, 2.05) is 12.1 Å². The molecule has 1 fully saturated rings. The fourth-order valence-electron chi connectivity index (χ4n) is 2.50. The van der Waals surface area contributed by atoms with Crippen molar-refractivity contribution < 1.29 is 4.92 Å². The van der Waals surface area contributed by atoms with Gasteiger partial charge in [-0.05, 0) is 26.3 Å². The predicted octanol–water partition coefficient (Wildman–Crippen LogP) is 2.51. The molecule has 1 saturated heterocycles. The summed E-state index contributed by atoms with van der Waals surface area (Å²) in [5, 5.41) is 14.4. The molecule has 0 saturated carbocycles. The summed E-state index contributed by atoms with van der Waals surface area (Å²) in [6, 6.07) is 6.45. The van der Waals surface area contributed by atoms with Crippen molar-refractivity contribution in [1.82, 2.24) is 10.2 Å². The van der Waals surface area contributed by atoms with Crippen molar-refractivity contribution in [2.24, 2.45) is 0 Å². The van der Waals surface area contributed by atoms with Gasteiger partial charge >= 0.3 is 0 Å². The highest BCUT2D eigenvalue weighted by Crippen LogP contribution is 2.21. The molecule has 0 amide bonds. The summed E-state index contributed by atoms with van der Waals surface area (Å²) < 4.78 is 0. The maximum atomic E-state index is 11.0. The average molecular weight is 300 g/mol. The summed E-state index contributed by atoms with van der Waals surface area (Å²) in [5.74, 6) is 0. The van der Waals surface area contributed by atoms with E-state index in [1.54, 1.807) is 13.0 Å². The second-order valence-electron chi connectivity index (χ2n) is 5.47. The Bertz CT molecular complexity index is 481. The van der Waals surface area contributed by atoms with E-state index in [2.05, 4.69) is 24.1 Å². The highest BCUT2D eigenvalue weighted by Gasteiger charge is 2.23. The first-order chi connectivity index (χ1) is 8.97. The Hall–Kier alpha value is -1.17. The third kappa shape index (κ3) is 3.91. The summed E-state index contributed by atoms with van der Waals surface area (Å²) >= 11 is 0. The second-order valence-corrected chi connectivity index (χ2v) is 5.47. The summed E-state index contributed by atoms with van der Waals surface area (Å²) in [4.78, 5) is 13.0. The zero-order valence-electron chi connectivity index (χ0n) is 12.1. The lowest BCUT2D eigenvalue weighted by molar-refractivity contribution is -0.385. The number of nitrogens with zero attached hydrogens (tertiary/aromatic N) is 2. The van der Waals surface area contributed by atoms with E-state index in [-0.39, 0.29) is 23.0 Å². The monoisotopic (exact) mass is 299 g/mol. The van der Waals surface area contributed by atoms with Crippen molar-refractivity contribution in [3.05, 3.63) is 39.4 Å². The minimum Gasteiger partial charge on any atom is -0.311 e. The van der Waals surface area contributed by atoms with Crippen LogP contribution in [0.5, 0.6) is 0 Å². The van der Waals surface area contributed by atoms with Crippen LogP contribution in [0, 0.1) is 17.0 Å². The molecular formula is C14H22ClN3O2. The van der Waals surface area contributed by atoms with Gasteiger partial charge in [0, 0.05) is 43.3 Å². The Kier molecular flexibility index (Phi) is 5.92. The Morgan fingerprint density at radius 1 is 1.45 bits per heavy atom. The van der Waals surface area contributed by atoms with Crippen molar-refractivity contribution in [1.29, 1.82) is 0 Å². The molecule has 1 heterocycles. The number of piperazine rings is 1. The van der Waals surface area contributed by atoms with Crippen LogP contribution in [0.1, 0.15) is 25.0 Å². The van der Waals surface area contributed by atoms with E-state index in [4.69, 9.17) is 0 Å². The normalized spacial score (nSPS) is 23.1. The molecular weight excluding hydrogens is 278 g/mol. The van der Waals surface area contributed by atoms with Gasteiger partial charge in [-0.3, -0.25) is 15.0 Å². The van der Waals surface area contributed by atoms with Crippen molar-refractivity contribution >= 4 is 18.1 Å². The van der Waals surface area contributed by atoms with E-state index in [0.717, 1.165) is 30.8 Å². The first kappa shape index (κ1) is 16.9. The van der Waals surface area contributed by atoms with Crippen molar-refractivity contribution in [3.8, 4) is 0 Å². The number of hydrogen-bond acceptors (Lipinski definition) is 4. The molecule has 20 heavy (non-hydrogen) atoms. The third-order valence-electron chi connectivity index (χ3n) is 3.75. The average Bonchev–Trinajstić information content (AvgIpc) is 2.36. The van der Waals surface area contributed by atoms with E-state index in [1.165, 1.54) is 0 Å². The number of aryl methyl sites for hydroxylation is 1. The molecule has 2 rings (SSSR count). The SMILES string of the molecule is Cc1ccc(CN2CC(C)NCC2C)cc1[N+](=O)[O-].Cl. The number of nitro benzene ring substituents is 1. The fraction of sp³-hybridized carbons (Fsp3) is 0.571. The molecule has 1 aromatic carbocycles. The van der Waals surface area contributed by atoms with Gasteiger partial charge in [-0.25, -0.2) is 0 Å². The quantitative estimate of drug-likeness (QED) is 0.688. The molecule has 0 bridgehead atoms. The number of benzene rings is 1. The van der Waals surface area contributed by atoms with Crippen LogP contribution >= 0.6 is 12.4 Å². The maximum absolute atomic E-state index is 11.0. The second kappa shape index (κ2) is 7.02. The number of hydrogen-bond donors (Lipinski definition) is 1. The minimum absolute atomic E-state index is 0. The smallest absolute Gasteiger partial charge is 0.272 e. The van der Waals surface area contributed by atoms with Crippen LogP contribution in [0.25, 0.3) is 0 Å². The van der Waals surface area contributed by atoms with Crippen LogP contribution in [-0.2, 0) is 6.54 Å². The first-order valence-electron chi connectivity index (χ1n) is 6.68. The third-order valence-corrected chi connectivity index (χ3v) is 3.75. The summed E-state index contributed by atoms with van der Waals surface area (Å²) in [5.41, 5.74) is 1.95. The zero-order valence-corrected chi connectivity index (χ0v) is 12.9. The lowest BCUT2D eigenvalue weighted by Gasteiger charge is -2.37. The summed E-state index contributed by atoms with van der Waals surface area (Å²) in [6.45, 7) is 8.83. The fourth-order valence-corrected chi connectivity index (χ4v) is 2.50. The van der Waals surface area contributed by atoms with Crippen molar-refractivity contribution in [2.45, 2.75) is 39.4 Å². The highest BCUT2D eigenvalue weighted by atomic mass is 35.5. The van der Waals surface area contributed by atoms with Gasteiger partial charge in [0.05, 0.1) is 4.92 Å². The Balaban J connectivity index is 0.00000200. The number of halogens is 1. The van der Waals surface area contributed by atoms with Gasteiger partial charge in [0.1, 0.15) is 0 Å². The van der Waals surface area contributed by atoms with Crippen molar-refractivity contribution in [2.75, 3.05) is 13.1 Å². The number of nitrogens with one attached hydrogen (secondary N) is 1. The van der Waals surface area contributed by atoms with Gasteiger partial charge in [0.2, 0.25) is 0 Å². The van der Waals surface area contributed by atoms with E-state index in [9.17, 15) is 10.1 Å². The molecule has 5 nitrogen and oxygen atoms in total. The van der Waals surface area contributed by atoms with Gasteiger partial charge in [-0.2, -0.15) is 0 Å². The van der Waals surface area contributed by atoms with Gasteiger partial charge in [0.25, 0.3) is 5.69 Å². The Morgan fingerprint density at radius 2 is 2.15 bits per heavy atom. The molecule has 1 aliphatic heterocycles. The first-order valence-corrected chi connectivity index (χ1v) is 6.68. The van der Waals surface area contributed by atoms with Crippen molar-refractivity contribution in [3.63, 3.8) is 0 Å². The molecule has 1 aliphatic rings. The topological polar surface area (TPSA) is 58.4 Å². The molecule has 1 aromatic rings. The molecule has 2 atom stereocenters. The molecule has 112 valence electrons. The van der Waals surface area contributed by atoms with Gasteiger partial charge < -0.3 is 5.32 Å². The molecule has 0 spiro atoms. The standard InChI is InChI=1S/C14H21N3O2.ClH/c1-10-4-5-13(6-14(10)17(18)19)9-16-8-11(2)15-7-12(16)3;/h4-6,11-12,15H,7-9H2,1-3H3;1H. The van der Waals surface area contributed by atoms with Crippen LogP contribution in [0.4, 0.5) is 5.69 Å². The molecule has 0 radical (unpaired) electrons. The molecule has 1 N–H and O–H groups in total. The van der Waals surface area contributed by atoms with Gasteiger partial charge in [0.15, 0.2) is 0 Å². The summed E-state index contributed by atoms with van der Waals surface area (Å²) in [7, 11) is 0. The van der Waals surface area contributed by atoms with Crippen LogP contribution in [0.15, 0.2) is 18.2 Å². The van der Waals surface area contributed by atoms with E-state index >= 15 is 0 Å². The van der Waals surface area contributed by atoms with E-state index < -0.39 is 0 Å². The number of nitro groups is 1.